The lowest BCUT2D eigenvalue weighted by molar-refractivity contribution is 0.330. The van der Waals surface area contributed by atoms with Gasteiger partial charge >= 0.3 is 0 Å². The number of hydrogen-bond acceptors (Lipinski definition) is 4. The molecular formula is C10H15ClN2O2S2. The first-order valence-corrected chi connectivity index (χ1v) is 8.18. The van der Waals surface area contributed by atoms with Gasteiger partial charge in [0.15, 0.2) is 0 Å². The van der Waals surface area contributed by atoms with Crippen LogP contribution in [0.3, 0.4) is 0 Å². The van der Waals surface area contributed by atoms with E-state index in [4.69, 9.17) is 17.3 Å². The van der Waals surface area contributed by atoms with Crippen molar-refractivity contribution in [1.29, 1.82) is 0 Å². The highest BCUT2D eigenvalue weighted by molar-refractivity contribution is 7.91. The van der Waals surface area contributed by atoms with Gasteiger partial charge in [0.2, 0.25) is 0 Å². The van der Waals surface area contributed by atoms with Crippen LogP contribution in [-0.4, -0.2) is 25.4 Å². The Bertz CT molecular complexity index is 486. The molecule has 17 heavy (non-hydrogen) atoms. The molecular weight excluding hydrogens is 280 g/mol. The molecule has 7 heteroatoms. The van der Waals surface area contributed by atoms with Gasteiger partial charge in [-0.3, -0.25) is 0 Å². The fraction of sp³-hybridized carbons (Fsp3) is 0.600. The van der Waals surface area contributed by atoms with Crippen LogP contribution in [0.15, 0.2) is 16.3 Å². The van der Waals surface area contributed by atoms with Crippen molar-refractivity contribution in [1.82, 2.24) is 4.31 Å². The summed E-state index contributed by atoms with van der Waals surface area (Å²) in [7, 11) is -3.47. The Labute approximate surface area is 110 Å². The third-order valence-electron chi connectivity index (χ3n) is 2.86. The van der Waals surface area contributed by atoms with E-state index in [0.717, 1.165) is 37.0 Å². The normalized spacial score (nSPS) is 23.5. The average molecular weight is 295 g/mol. The first-order chi connectivity index (χ1) is 8.01. The molecule has 0 amide bonds. The van der Waals surface area contributed by atoms with Gasteiger partial charge in [-0.05, 0) is 25.0 Å². The topological polar surface area (TPSA) is 63.4 Å². The molecule has 1 unspecified atom stereocenters. The van der Waals surface area contributed by atoms with Gasteiger partial charge in [0.1, 0.15) is 4.21 Å². The molecule has 0 aliphatic carbocycles. The molecule has 2 rings (SSSR count). The van der Waals surface area contributed by atoms with Gasteiger partial charge in [0.25, 0.3) is 10.0 Å². The molecule has 1 aromatic rings. The van der Waals surface area contributed by atoms with E-state index >= 15 is 0 Å². The van der Waals surface area contributed by atoms with Crippen molar-refractivity contribution in [3.63, 3.8) is 0 Å². The minimum atomic E-state index is -3.47. The van der Waals surface area contributed by atoms with E-state index in [-0.39, 0.29) is 4.21 Å². The van der Waals surface area contributed by atoms with Gasteiger partial charge in [-0.15, -0.1) is 11.3 Å². The number of halogens is 1. The van der Waals surface area contributed by atoms with Crippen LogP contribution in [-0.2, 0) is 10.0 Å². The molecule has 1 fully saturated rings. The summed E-state index contributed by atoms with van der Waals surface area (Å²) in [5.74, 6) is 0. The summed E-state index contributed by atoms with van der Waals surface area (Å²) >= 11 is 6.86. The zero-order valence-corrected chi connectivity index (χ0v) is 11.7. The van der Waals surface area contributed by atoms with Crippen molar-refractivity contribution >= 4 is 33.0 Å². The number of sulfonamides is 1. The third-order valence-corrected chi connectivity index (χ3v) is 6.48. The fourth-order valence-corrected chi connectivity index (χ4v) is 5.15. The first-order valence-electron chi connectivity index (χ1n) is 5.54. The van der Waals surface area contributed by atoms with Crippen LogP contribution in [0.5, 0.6) is 0 Å². The Morgan fingerprint density at radius 3 is 2.76 bits per heavy atom. The van der Waals surface area contributed by atoms with E-state index in [1.165, 1.54) is 4.31 Å². The predicted octanol–water partition coefficient (Wildman–Crippen LogP) is 2.25. The number of rotatable bonds is 2. The minimum absolute atomic E-state index is 0.278. The first kappa shape index (κ1) is 13.3. The van der Waals surface area contributed by atoms with Crippen LogP contribution in [0.4, 0.5) is 0 Å². The molecule has 1 aliphatic heterocycles. The summed E-state index contributed by atoms with van der Waals surface area (Å²) in [5, 5.41) is 0. The maximum absolute atomic E-state index is 12.4. The Morgan fingerprint density at radius 2 is 2.12 bits per heavy atom. The van der Waals surface area contributed by atoms with Crippen LogP contribution in [0.1, 0.15) is 25.7 Å². The Morgan fingerprint density at radius 1 is 1.35 bits per heavy atom. The lowest BCUT2D eigenvalue weighted by Crippen LogP contribution is -2.44. The van der Waals surface area contributed by atoms with Crippen molar-refractivity contribution in [2.45, 2.75) is 36.1 Å². The van der Waals surface area contributed by atoms with Gasteiger partial charge in [0, 0.05) is 6.54 Å². The van der Waals surface area contributed by atoms with Crippen LogP contribution < -0.4 is 5.73 Å². The molecule has 2 heterocycles. The number of nitrogens with zero attached hydrogens (tertiary/aromatic N) is 1. The summed E-state index contributed by atoms with van der Waals surface area (Å²) < 4.78 is 26.9. The molecule has 0 saturated carbocycles. The third kappa shape index (κ3) is 2.82. The van der Waals surface area contributed by atoms with Crippen LogP contribution in [0.2, 0.25) is 4.34 Å². The van der Waals surface area contributed by atoms with Gasteiger partial charge in [-0.25, -0.2) is 8.42 Å². The maximum atomic E-state index is 12.4. The van der Waals surface area contributed by atoms with Gasteiger partial charge < -0.3 is 5.73 Å². The van der Waals surface area contributed by atoms with Crippen molar-refractivity contribution in [3.8, 4) is 0 Å². The summed E-state index contributed by atoms with van der Waals surface area (Å²) in [6.07, 6.45) is 3.19. The zero-order chi connectivity index (χ0) is 12.5. The van der Waals surface area contributed by atoms with E-state index in [2.05, 4.69) is 0 Å². The molecule has 4 nitrogen and oxygen atoms in total. The lowest BCUT2D eigenvalue weighted by atomic mass is 10.2. The van der Waals surface area contributed by atoms with E-state index in [1.807, 2.05) is 0 Å². The van der Waals surface area contributed by atoms with E-state index < -0.39 is 16.2 Å². The lowest BCUT2D eigenvalue weighted by Gasteiger charge is -2.25. The molecule has 2 N–H and O–H groups in total. The second-order valence-electron chi connectivity index (χ2n) is 4.09. The quantitative estimate of drug-likeness (QED) is 0.910. The molecule has 0 aromatic carbocycles. The molecule has 1 atom stereocenters. The molecule has 1 aromatic heterocycles. The summed E-state index contributed by atoms with van der Waals surface area (Å²) in [5.41, 5.74) is 5.93. The van der Waals surface area contributed by atoms with E-state index in [9.17, 15) is 8.42 Å². The Kier molecular flexibility index (Phi) is 4.10. The highest BCUT2D eigenvalue weighted by Gasteiger charge is 2.31. The Balaban J connectivity index is 2.30. The summed E-state index contributed by atoms with van der Waals surface area (Å²) in [4.78, 5) is 0. The highest BCUT2D eigenvalue weighted by Crippen LogP contribution is 2.30. The molecule has 0 bridgehead atoms. The van der Waals surface area contributed by atoms with E-state index in [0.29, 0.717) is 10.9 Å². The molecule has 1 saturated heterocycles. The molecule has 0 spiro atoms. The predicted molar refractivity (Wildman–Crippen MR) is 69.7 cm³/mol. The van der Waals surface area contributed by atoms with Gasteiger partial charge in [-0.2, -0.15) is 4.31 Å². The van der Waals surface area contributed by atoms with Crippen LogP contribution in [0, 0.1) is 0 Å². The smallest absolute Gasteiger partial charge is 0.253 e. The largest absolute Gasteiger partial charge is 0.315 e. The second kappa shape index (κ2) is 5.24. The highest BCUT2D eigenvalue weighted by atomic mass is 35.5. The zero-order valence-electron chi connectivity index (χ0n) is 9.30. The molecule has 0 radical (unpaired) electrons. The van der Waals surface area contributed by atoms with Gasteiger partial charge in [-0.1, -0.05) is 24.4 Å². The second-order valence-corrected chi connectivity index (χ2v) is 7.92. The number of thiophene rings is 1. The minimum Gasteiger partial charge on any atom is -0.315 e. The van der Waals surface area contributed by atoms with Crippen LogP contribution in [0.25, 0.3) is 0 Å². The fourth-order valence-electron chi connectivity index (χ4n) is 1.96. The van der Waals surface area contributed by atoms with Crippen molar-refractivity contribution in [3.05, 3.63) is 16.5 Å². The number of hydrogen-bond donors (Lipinski definition) is 1. The number of nitrogens with two attached hydrogens (primary N) is 1. The van der Waals surface area contributed by atoms with Crippen molar-refractivity contribution < 1.29 is 8.42 Å². The molecule has 96 valence electrons. The van der Waals surface area contributed by atoms with E-state index in [1.54, 1.807) is 12.1 Å². The average Bonchev–Trinajstić information content (AvgIpc) is 2.58. The molecule has 1 aliphatic rings. The maximum Gasteiger partial charge on any atom is 0.253 e. The SMILES string of the molecule is NC1CCCCCN1S(=O)(=O)c1ccc(Cl)s1. The monoisotopic (exact) mass is 294 g/mol. The summed E-state index contributed by atoms with van der Waals surface area (Å²) in [6, 6.07) is 3.14. The van der Waals surface area contributed by atoms with Crippen molar-refractivity contribution in [2.24, 2.45) is 5.73 Å². The van der Waals surface area contributed by atoms with Gasteiger partial charge in [0.05, 0.1) is 10.5 Å². The van der Waals surface area contributed by atoms with Crippen LogP contribution >= 0.6 is 22.9 Å². The standard InChI is InChI=1S/C10H15ClN2O2S2/c11-8-5-6-10(16-8)17(14,15)13-7-3-1-2-4-9(13)12/h5-6,9H,1-4,7,12H2. The Hall–Kier alpha value is -0.140. The van der Waals surface area contributed by atoms with Crippen molar-refractivity contribution in [2.75, 3.05) is 6.54 Å². The summed E-state index contributed by atoms with van der Waals surface area (Å²) in [6.45, 7) is 0.499.